The van der Waals surface area contributed by atoms with E-state index in [4.69, 9.17) is 4.74 Å². The maximum Gasteiger partial charge on any atom is 0.276 e. The number of nitrogens with zero attached hydrogens (tertiary/aromatic N) is 2. The Kier molecular flexibility index (Phi) is 7.75. The van der Waals surface area contributed by atoms with Gasteiger partial charge >= 0.3 is 0 Å². The van der Waals surface area contributed by atoms with Crippen LogP contribution in [0.5, 0.6) is 5.75 Å². The second kappa shape index (κ2) is 10.3. The van der Waals surface area contributed by atoms with Gasteiger partial charge in [0.05, 0.1) is 13.2 Å². The summed E-state index contributed by atoms with van der Waals surface area (Å²) in [5.41, 5.74) is -1.01. The highest BCUT2D eigenvalue weighted by Gasteiger charge is 2.41. The fourth-order valence-corrected chi connectivity index (χ4v) is 4.78. The minimum Gasteiger partial charge on any atom is -0.503 e. The number of ether oxygens (including phenoxy) is 1. The largest absolute Gasteiger partial charge is 0.503 e. The van der Waals surface area contributed by atoms with E-state index in [1.165, 1.54) is 42.9 Å². The molecule has 2 fully saturated rings. The summed E-state index contributed by atoms with van der Waals surface area (Å²) < 4.78 is 7.19. The van der Waals surface area contributed by atoms with Gasteiger partial charge in [-0.1, -0.05) is 46.0 Å². The Hall–Kier alpha value is -2.35. The predicted octanol–water partition coefficient (Wildman–Crippen LogP) is 2.87. The fraction of sp³-hybridized carbons (Fsp3) is 0.696. The number of fused-ring (bicyclic) bond motifs is 2. The van der Waals surface area contributed by atoms with Crippen molar-refractivity contribution in [2.75, 3.05) is 13.2 Å². The van der Waals surface area contributed by atoms with E-state index in [1.807, 2.05) is 20.8 Å². The number of aromatic nitrogens is 1. The molecule has 1 saturated heterocycles. The van der Waals surface area contributed by atoms with E-state index in [-0.39, 0.29) is 23.8 Å². The number of amides is 2. The summed E-state index contributed by atoms with van der Waals surface area (Å²) in [4.78, 5) is 39.7. The van der Waals surface area contributed by atoms with E-state index in [2.05, 4.69) is 5.32 Å². The van der Waals surface area contributed by atoms with Crippen molar-refractivity contribution in [3.05, 3.63) is 27.7 Å². The summed E-state index contributed by atoms with van der Waals surface area (Å²) >= 11 is 0. The third kappa shape index (κ3) is 4.79. The molecule has 4 rings (SSSR count). The van der Waals surface area contributed by atoms with E-state index >= 15 is 0 Å². The number of carbonyl (C=O) groups excluding carboxylic acids is 2. The van der Waals surface area contributed by atoms with Crippen molar-refractivity contribution in [3.63, 3.8) is 0 Å². The van der Waals surface area contributed by atoms with Crippen LogP contribution in [-0.2, 0) is 11.3 Å². The molecule has 2 amide bonds. The van der Waals surface area contributed by atoms with Gasteiger partial charge in [0.2, 0.25) is 5.43 Å². The molecule has 0 bridgehead atoms. The van der Waals surface area contributed by atoms with Gasteiger partial charge < -0.3 is 24.6 Å². The molecule has 172 valence electrons. The molecule has 1 aliphatic carbocycles. The van der Waals surface area contributed by atoms with Crippen LogP contribution in [0.15, 0.2) is 11.0 Å². The monoisotopic (exact) mass is 433 g/mol. The highest BCUT2D eigenvalue weighted by molar-refractivity contribution is 5.99. The Labute approximate surface area is 183 Å². The molecule has 0 spiro atoms. The molecule has 31 heavy (non-hydrogen) atoms. The minimum absolute atomic E-state index is 0.0349. The van der Waals surface area contributed by atoms with Crippen molar-refractivity contribution in [2.24, 2.45) is 5.92 Å². The van der Waals surface area contributed by atoms with Gasteiger partial charge in [-0.2, -0.15) is 0 Å². The van der Waals surface area contributed by atoms with Gasteiger partial charge in [0.1, 0.15) is 5.56 Å². The molecule has 1 saturated carbocycles. The molecule has 1 aromatic heterocycles. The average molecular weight is 434 g/mol. The predicted molar refractivity (Wildman–Crippen MR) is 117 cm³/mol. The van der Waals surface area contributed by atoms with Crippen molar-refractivity contribution < 1.29 is 19.4 Å². The van der Waals surface area contributed by atoms with Crippen molar-refractivity contribution in [3.8, 4) is 5.75 Å². The van der Waals surface area contributed by atoms with Crippen molar-refractivity contribution in [2.45, 2.75) is 84.5 Å². The van der Waals surface area contributed by atoms with Gasteiger partial charge in [0.25, 0.3) is 11.8 Å². The molecule has 3 aliphatic rings. The van der Waals surface area contributed by atoms with Gasteiger partial charge in [0.15, 0.2) is 17.7 Å². The van der Waals surface area contributed by atoms with Crippen LogP contribution in [0.3, 0.4) is 0 Å². The van der Waals surface area contributed by atoms with Crippen LogP contribution < -0.4 is 10.7 Å². The SMILES string of the molecule is CC.C[C@@H]1CCOC2Cn3cc(C(=O)NCCC4CCCCC4)c(=O)c(O)c3C(=O)N21. The number of pyridine rings is 1. The molecule has 2 aliphatic heterocycles. The summed E-state index contributed by atoms with van der Waals surface area (Å²) in [5, 5.41) is 13.3. The molecule has 2 atom stereocenters. The van der Waals surface area contributed by atoms with Crippen LogP contribution in [0.4, 0.5) is 0 Å². The van der Waals surface area contributed by atoms with E-state index < -0.39 is 29.2 Å². The lowest BCUT2D eigenvalue weighted by Crippen LogP contribution is -2.57. The second-order valence-electron chi connectivity index (χ2n) is 8.45. The zero-order chi connectivity index (χ0) is 22.5. The first-order valence-corrected chi connectivity index (χ1v) is 11.7. The maximum absolute atomic E-state index is 12.9. The van der Waals surface area contributed by atoms with Crippen LogP contribution in [0.25, 0.3) is 0 Å². The topological polar surface area (TPSA) is 101 Å². The average Bonchev–Trinajstić information content (AvgIpc) is 2.78. The molecule has 1 unspecified atom stereocenters. The smallest absolute Gasteiger partial charge is 0.276 e. The summed E-state index contributed by atoms with van der Waals surface area (Å²) in [7, 11) is 0. The highest BCUT2D eigenvalue weighted by atomic mass is 16.5. The summed E-state index contributed by atoms with van der Waals surface area (Å²) in [5.74, 6) is -0.987. The summed E-state index contributed by atoms with van der Waals surface area (Å²) in [6, 6.07) is -0.0349. The van der Waals surface area contributed by atoms with Crippen molar-refractivity contribution in [1.82, 2.24) is 14.8 Å². The van der Waals surface area contributed by atoms with Crippen molar-refractivity contribution in [1.29, 1.82) is 0 Å². The lowest BCUT2D eigenvalue weighted by molar-refractivity contribution is -0.112. The number of nitrogens with one attached hydrogen (secondary N) is 1. The van der Waals surface area contributed by atoms with Gasteiger partial charge in [0, 0.05) is 18.8 Å². The third-order valence-corrected chi connectivity index (χ3v) is 6.48. The molecule has 3 heterocycles. The second-order valence-corrected chi connectivity index (χ2v) is 8.45. The molecule has 0 radical (unpaired) electrons. The molecule has 8 nitrogen and oxygen atoms in total. The van der Waals surface area contributed by atoms with Gasteiger partial charge in [-0.25, -0.2) is 0 Å². The van der Waals surface area contributed by atoms with E-state index in [1.54, 1.807) is 4.90 Å². The number of aromatic hydroxyl groups is 1. The highest BCUT2D eigenvalue weighted by Crippen LogP contribution is 2.29. The van der Waals surface area contributed by atoms with Crippen LogP contribution in [0.1, 0.15) is 86.6 Å². The van der Waals surface area contributed by atoms with E-state index in [0.717, 1.165) is 6.42 Å². The zero-order valence-electron chi connectivity index (χ0n) is 18.9. The number of hydrogen-bond donors (Lipinski definition) is 2. The Morgan fingerprint density at radius 2 is 1.90 bits per heavy atom. The molecule has 2 N–H and O–H groups in total. The van der Waals surface area contributed by atoms with E-state index in [9.17, 15) is 19.5 Å². The molecule has 0 aromatic carbocycles. The number of carbonyl (C=O) groups is 2. The number of hydrogen-bond acceptors (Lipinski definition) is 5. The first-order chi connectivity index (χ1) is 15.0. The third-order valence-electron chi connectivity index (χ3n) is 6.48. The van der Waals surface area contributed by atoms with E-state index in [0.29, 0.717) is 25.5 Å². The maximum atomic E-state index is 12.9. The first-order valence-electron chi connectivity index (χ1n) is 11.7. The standard InChI is InChI=1S/C21H29N3O5.C2H6/c1-13-8-10-29-16-12-23-11-15(18(25)19(26)17(23)21(28)24(13)16)20(27)22-9-7-14-5-3-2-4-6-14;1-2/h11,13-14,16,26H,2-10,12H2,1H3,(H,22,27);1-2H3/t13-,16?;/m1./s1. The van der Waals surface area contributed by atoms with Gasteiger partial charge in [-0.15, -0.1) is 0 Å². The molecular formula is C23H35N3O5. The zero-order valence-corrected chi connectivity index (χ0v) is 18.9. The Balaban J connectivity index is 0.00000132. The van der Waals surface area contributed by atoms with Crippen LogP contribution >= 0.6 is 0 Å². The summed E-state index contributed by atoms with van der Waals surface area (Å²) in [6.45, 7) is 7.25. The lowest BCUT2D eigenvalue weighted by atomic mass is 9.87. The first kappa shape index (κ1) is 23.3. The lowest BCUT2D eigenvalue weighted by Gasteiger charge is -2.44. The van der Waals surface area contributed by atoms with Gasteiger partial charge in [-0.05, 0) is 25.7 Å². The molecule has 8 heteroatoms. The Morgan fingerprint density at radius 1 is 1.19 bits per heavy atom. The quantitative estimate of drug-likeness (QED) is 0.760. The number of rotatable bonds is 4. The minimum atomic E-state index is -0.802. The Morgan fingerprint density at radius 3 is 2.61 bits per heavy atom. The molecule has 1 aromatic rings. The van der Waals surface area contributed by atoms with Gasteiger partial charge in [-0.3, -0.25) is 14.4 Å². The normalized spacial score (nSPS) is 23.3. The van der Waals surface area contributed by atoms with Crippen molar-refractivity contribution >= 4 is 11.8 Å². The van der Waals surface area contributed by atoms with Crippen LogP contribution in [0.2, 0.25) is 0 Å². The Bertz CT molecular complexity index is 860. The molecular weight excluding hydrogens is 398 g/mol. The summed E-state index contributed by atoms with van der Waals surface area (Å²) in [6.07, 6.45) is 8.67. The fourth-order valence-electron chi connectivity index (χ4n) is 4.78. The van der Waals surface area contributed by atoms with Crippen LogP contribution in [-0.4, -0.2) is 51.8 Å². The van der Waals surface area contributed by atoms with Crippen LogP contribution in [0, 0.1) is 5.92 Å².